The van der Waals surface area contributed by atoms with Crippen molar-refractivity contribution in [3.63, 3.8) is 0 Å². The predicted octanol–water partition coefficient (Wildman–Crippen LogP) is 2.67. The lowest BCUT2D eigenvalue weighted by molar-refractivity contribution is 0.102. The topological polar surface area (TPSA) is 82.3 Å². The number of amides is 1. The van der Waals surface area contributed by atoms with Crippen LogP contribution in [0.2, 0.25) is 0 Å². The van der Waals surface area contributed by atoms with Crippen molar-refractivity contribution in [2.75, 3.05) is 19.4 Å². The minimum absolute atomic E-state index is 0.151. The Morgan fingerprint density at radius 1 is 1.04 bits per heavy atom. The summed E-state index contributed by atoms with van der Waals surface area (Å²) in [7, 11) is -0.567. The van der Waals surface area contributed by atoms with Gasteiger partial charge >= 0.3 is 0 Å². The number of benzene rings is 2. The number of H-pyrrole nitrogens is 1. The molecule has 0 aliphatic carbocycles. The van der Waals surface area contributed by atoms with Gasteiger partial charge in [0.1, 0.15) is 0 Å². The van der Waals surface area contributed by atoms with Crippen LogP contribution in [0, 0.1) is 0 Å². The lowest BCUT2D eigenvalue weighted by Gasteiger charge is -2.11. The van der Waals surface area contributed by atoms with Crippen LogP contribution in [0.3, 0.4) is 0 Å². The summed E-state index contributed by atoms with van der Waals surface area (Å²) < 4.78 is 25.2. The molecule has 24 heavy (non-hydrogen) atoms. The van der Waals surface area contributed by atoms with Gasteiger partial charge in [-0.3, -0.25) is 4.79 Å². The number of sulfonamides is 1. The first-order chi connectivity index (χ1) is 11.4. The summed E-state index contributed by atoms with van der Waals surface area (Å²) >= 11 is 0. The molecule has 0 bridgehead atoms. The van der Waals surface area contributed by atoms with E-state index in [4.69, 9.17) is 0 Å². The monoisotopic (exact) mass is 343 g/mol. The van der Waals surface area contributed by atoms with Crippen molar-refractivity contribution in [1.82, 2.24) is 9.29 Å². The maximum Gasteiger partial charge on any atom is 0.255 e. The van der Waals surface area contributed by atoms with Gasteiger partial charge in [0.25, 0.3) is 5.91 Å². The molecule has 7 heteroatoms. The number of carbonyl (C=O) groups is 1. The molecule has 2 N–H and O–H groups in total. The van der Waals surface area contributed by atoms with E-state index in [0.717, 1.165) is 15.2 Å². The van der Waals surface area contributed by atoms with Gasteiger partial charge in [0.05, 0.1) is 4.90 Å². The summed E-state index contributed by atoms with van der Waals surface area (Å²) in [6.07, 6.45) is 1.83. The van der Waals surface area contributed by atoms with E-state index in [9.17, 15) is 13.2 Å². The van der Waals surface area contributed by atoms with E-state index in [1.807, 2.05) is 30.5 Å². The molecule has 0 unspecified atom stereocenters. The molecule has 2 aromatic carbocycles. The van der Waals surface area contributed by atoms with Crippen molar-refractivity contribution in [3.8, 4) is 0 Å². The Balaban J connectivity index is 1.80. The fourth-order valence-electron chi connectivity index (χ4n) is 2.32. The molecule has 0 radical (unpaired) electrons. The van der Waals surface area contributed by atoms with Crippen LogP contribution in [-0.2, 0) is 10.0 Å². The number of anilines is 1. The van der Waals surface area contributed by atoms with Crippen LogP contribution in [0.5, 0.6) is 0 Å². The van der Waals surface area contributed by atoms with Crippen molar-refractivity contribution >= 4 is 32.5 Å². The number of hydrogen-bond donors (Lipinski definition) is 2. The standard InChI is InChI=1S/C17H17N3O3S/c1-20(2)24(22,23)15-6-3-12(4-7-15)17(21)19-14-5-8-16-13(11-14)9-10-18-16/h3-11,18H,1-2H3,(H,19,21). The Kier molecular flexibility index (Phi) is 4.13. The molecule has 1 amide bonds. The summed E-state index contributed by atoms with van der Waals surface area (Å²) in [6.45, 7) is 0. The average Bonchev–Trinajstić information content (AvgIpc) is 3.02. The molecule has 6 nitrogen and oxygen atoms in total. The van der Waals surface area contributed by atoms with Crippen LogP contribution in [0.25, 0.3) is 10.9 Å². The highest BCUT2D eigenvalue weighted by molar-refractivity contribution is 7.89. The Morgan fingerprint density at radius 2 is 1.75 bits per heavy atom. The first kappa shape index (κ1) is 16.2. The minimum atomic E-state index is -3.50. The molecule has 1 aromatic heterocycles. The Labute approximate surface area is 140 Å². The average molecular weight is 343 g/mol. The van der Waals surface area contributed by atoms with Crippen molar-refractivity contribution in [2.45, 2.75) is 4.90 Å². The van der Waals surface area contributed by atoms with E-state index in [-0.39, 0.29) is 10.8 Å². The molecule has 0 fully saturated rings. The summed E-state index contributed by atoms with van der Waals surface area (Å²) in [4.78, 5) is 15.5. The number of fused-ring (bicyclic) bond motifs is 1. The Hall–Kier alpha value is -2.64. The molecule has 1 heterocycles. The minimum Gasteiger partial charge on any atom is -0.361 e. The SMILES string of the molecule is CN(C)S(=O)(=O)c1ccc(C(=O)Nc2ccc3[nH]ccc3c2)cc1. The van der Waals surface area contributed by atoms with Crippen LogP contribution in [0.15, 0.2) is 59.6 Å². The maximum absolute atomic E-state index is 12.3. The first-order valence-corrected chi connectivity index (χ1v) is 8.73. The zero-order valence-corrected chi connectivity index (χ0v) is 14.1. The lowest BCUT2D eigenvalue weighted by atomic mass is 10.2. The number of carbonyl (C=O) groups excluding carboxylic acids is 1. The zero-order chi connectivity index (χ0) is 17.3. The second-order valence-electron chi connectivity index (χ2n) is 5.55. The molecule has 0 aliphatic rings. The van der Waals surface area contributed by atoms with E-state index >= 15 is 0 Å². The van der Waals surface area contributed by atoms with Crippen molar-refractivity contribution in [2.24, 2.45) is 0 Å². The number of hydrogen-bond acceptors (Lipinski definition) is 3. The highest BCUT2D eigenvalue weighted by atomic mass is 32.2. The van der Waals surface area contributed by atoms with Gasteiger partial charge in [-0.15, -0.1) is 0 Å². The van der Waals surface area contributed by atoms with Gasteiger partial charge in [0.2, 0.25) is 10.0 Å². The number of aromatic nitrogens is 1. The third-order valence-electron chi connectivity index (χ3n) is 3.71. The van der Waals surface area contributed by atoms with Crippen LogP contribution in [0.1, 0.15) is 10.4 Å². The van der Waals surface area contributed by atoms with E-state index in [1.165, 1.54) is 38.4 Å². The van der Waals surface area contributed by atoms with Gasteiger partial charge in [-0.1, -0.05) is 0 Å². The zero-order valence-electron chi connectivity index (χ0n) is 13.3. The number of nitrogens with one attached hydrogen (secondary N) is 2. The highest BCUT2D eigenvalue weighted by Gasteiger charge is 2.17. The van der Waals surface area contributed by atoms with Crippen LogP contribution in [-0.4, -0.2) is 37.7 Å². The Morgan fingerprint density at radius 3 is 2.42 bits per heavy atom. The summed E-state index contributed by atoms with van der Waals surface area (Å²) in [5.41, 5.74) is 2.06. The molecular weight excluding hydrogens is 326 g/mol. The summed E-state index contributed by atoms with van der Waals surface area (Å²) in [5.74, 6) is -0.293. The van der Waals surface area contributed by atoms with Gasteiger partial charge in [0, 0.05) is 42.4 Å². The molecule has 3 rings (SSSR count). The molecule has 0 saturated heterocycles. The third-order valence-corrected chi connectivity index (χ3v) is 5.54. The van der Waals surface area contributed by atoms with E-state index < -0.39 is 10.0 Å². The van der Waals surface area contributed by atoms with Crippen LogP contribution in [0.4, 0.5) is 5.69 Å². The largest absolute Gasteiger partial charge is 0.361 e. The van der Waals surface area contributed by atoms with Gasteiger partial charge < -0.3 is 10.3 Å². The second kappa shape index (κ2) is 6.10. The molecule has 0 aliphatic heterocycles. The fraction of sp³-hybridized carbons (Fsp3) is 0.118. The summed E-state index contributed by atoms with van der Waals surface area (Å²) in [5, 5.41) is 3.81. The molecule has 0 spiro atoms. The lowest BCUT2D eigenvalue weighted by Crippen LogP contribution is -2.22. The normalized spacial score (nSPS) is 11.8. The number of aromatic amines is 1. The molecule has 3 aromatic rings. The van der Waals surface area contributed by atoms with Crippen LogP contribution < -0.4 is 5.32 Å². The molecule has 0 atom stereocenters. The van der Waals surface area contributed by atoms with Gasteiger partial charge in [0.15, 0.2) is 0 Å². The fourth-order valence-corrected chi connectivity index (χ4v) is 3.23. The van der Waals surface area contributed by atoms with Crippen molar-refractivity contribution in [1.29, 1.82) is 0 Å². The second-order valence-corrected chi connectivity index (χ2v) is 7.70. The third kappa shape index (κ3) is 3.04. The smallest absolute Gasteiger partial charge is 0.255 e. The van der Waals surface area contributed by atoms with Crippen LogP contribution >= 0.6 is 0 Å². The van der Waals surface area contributed by atoms with E-state index in [0.29, 0.717) is 11.3 Å². The van der Waals surface area contributed by atoms with Gasteiger partial charge in [-0.05, 0) is 48.5 Å². The molecule has 124 valence electrons. The quantitative estimate of drug-likeness (QED) is 0.764. The van der Waals surface area contributed by atoms with E-state index in [2.05, 4.69) is 10.3 Å². The van der Waals surface area contributed by atoms with Gasteiger partial charge in [-0.25, -0.2) is 12.7 Å². The van der Waals surface area contributed by atoms with Crippen molar-refractivity contribution < 1.29 is 13.2 Å². The Bertz CT molecular complexity index is 989. The number of nitrogens with zero attached hydrogens (tertiary/aromatic N) is 1. The number of rotatable bonds is 4. The highest BCUT2D eigenvalue weighted by Crippen LogP contribution is 2.19. The van der Waals surface area contributed by atoms with Crippen molar-refractivity contribution in [3.05, 3.63) is 60.3 Å². The van der Waals surface area contributed by atoms with Gasteiger partial charge in [-0.2, -0.15) is 0 Å². The molecule has 0 saturated carbocycles. The maximum atomic E-state index is 12.3. The predicted molar refractivity (Wildman–Crippen MR) is 93.6 cm³/mol. The summed E-state index contributed by atoms with van der Waals surface area (Å²) in [6, 6.07) is 13.3. The molecular formula is C17H17N3O3S. The first-order valence-electron chi connectivity index (χ1n) is 7.29. The van der Waals surface area contributed by atoms with E-state index in [1.54, 1.807) is 0 Å².